The molecule has 1 aliphatic rings. The Morgan fingerprint density at radius 1 is 1.21 bits per heavy atom. The van der Waals surface area contributed by atoms with Crippen LogP contribution in [0.1, 0.15) is 12.8 Å². The number of rotatable bonds is 1. The van der Waals surface area contributed by atoms with Gasteiger partial charge < -0.3 is 10.6 Å². The lowest BCUT2D eigenvalue weighted by molar-refractivity contribution is -0.0220. The second-order valence-electron chi connectivity index (χ2n) is 4.81. The van der Waals surface area contributed by atoms with E-state index in [4.69, 9.17) is 5.73 Å². The SMILES string of the molecule is Nc1ncc2ccc(N3CCC(F)(F)CC3)cc2n1. The van der Waals surface area contributed by atoms with Gasteiger partial charge in [0.1, 0.15) is 0 Å². The van der Waals surface area contributed by atoms with Gasteiger partial charge in [0, 0.05) is 43.2 Å². The van der Waals surface area contributed by atoms with Crippen LogP contribution in [0.3, 0.4) is 0 Å². The maximum atomic E-state index is 13.1. The zero-order valence-electron chi connectivity index (χ0n) is 10.3. The van der Waals surface area contributed by atoms with Crippen molar-refractivity contribution in [2.24, 2.45) is 0 Å². The summed E-state index contributed by atoms with van der Waals surface area (Å²) in [6.45, 7) is 0.720. The van der Waals surface area contributed by atoms with Gasteiger partial charge in [-0.25, -0.2) is 18.7 Å². The smallest absolute Gasteiger partial charge is 0.251 e. The molecule has 3 rings (SSSR count). The minimum Gasteiger partial charge on any atom is -0.371 e. The number of hydrogen-bond donors (Lipinski definition) is 1. The van der Waals surface area contributed by atoms with Crippen LogP contribution in [0.25, 0.3) is 10.9 Å². The second-order valence-corrected chi connectivity index (χ2v) is 4.81. The monoisotopic (exact) mass is 264 g/mol. The van der Waals surface area contributed by atoms with Gasteiger partial charge >= 0.3 is 0 Å². The van der Waals surface area contributed by atoms with Gasteiger partial charge in [0.2, 0.25) is 5.95 Å². The minimum atomic E-state index is -2.53. The number of nitrogen functional groups attached to an aromatic ring is 1. The normalized spacial score (nSPS) is 18.7. The molecule has 19 heavy (non-hydrogen) atoms. The number of piperidine rings is 1. The summed E-state index contributed by atoms with van der Waals surface area (Å²) >= 11 is 0. The number of benzene rings is 1. The third-order valence-electron chi connectivity index (χ3n) is 3.45. The van der Waals surface area contributed by atoms with E-state index in [-0.39, 0.29) is 18.8 Å². The van der Waals surface area contributed by atoms with Gasteiger partial charge in [-0.15, -0.1) is 0 Å². The van der Waals surface area contributed by atoms with Crippen molar-refractivity contribution >= 4 is 22.5 Å². The van der Waals surface area contributed by atoms with Crippen molar-refractivity contribution in [2.45, 2.75) is 18.8 Å². The summed E-state index contributed by atoms with van der Waals surface area (Å²) in [5, 5.41) is 0.889. The summed E-state index contributed by atoms with van der Waals surface area (Å²) in [7, 11) is 0. The Hall–Kier alpha value is -1.98. The minimum absolute atomic E-state index is 0.100. The van der Waals surface area contributed by atoms with E-state index in [0.717, 1.165) is 16.6 Å². The molecule has 6 heteroatoms. The number of halogens is 2. The summed E-state index contributed by atoms with van der Waals surface area (Å²) in [5.74, 6) is -2.31. The van der Waals surface area contributed by atoms with Gasteiger partial charge in [-0.3, -0.25) is 0 Å². The molecular weight excluding hydrogens is 250 g/mol. The quantitative estimate of drug-likeness (QED) is 0.859. The van der Waals surface area contributed by atoms with Crippen LogP contribution in [0.2, 0.25) is 0 Å². The van der Waals surface area contributed by atoms with E-state index in [1.807, 2.05) is 23.1 Å². The predicted octanol–water partition coefficient (Wildman–Crippen LogP) is 2.45. The van der Waals surface area contributed by atoms with Gasteiger partial charge in [-0.2, -0.15) is 0 Å². The first-order valence-electron chi connectivity index (χ1n) is 6.19. The molecule has 100 valence electrons. The van der Waals surface area contributed by atoms with Crippen molar-refractivity contribution in [3.05, 3.63) is 24.4 Å². The molecule has 1 aromatic carbocycles. The van der Waals surface area contributed by atoms with Crippen LogP contribution in [0, 0.1) is 0 Å². The van der Waals surface area contributed by atoms with Crippen molar-refractivity contribution in [1.82, 2.24) is 9.97 Å². The molecule has 2 N–H and O–H groups in total. The molecule has 0 aliphatic carbocycles. The van der Waals surface area contributed by atoms with E-state index in [1.54, 1.807) is 6.20 Å². The van der Waals surface area contributed by atoms with Crippen LogP contribution in [0.5, 0.6) is 0 Å². The molecule has 4 nitrogen and oxygen atoms in total. The lowest BCUT2D eigenvalue weighted by Crippen LogP contribution is -2.39. The molecule has 0 spiro atoms. The van der Waals surface area contributed by atoms with E-state index in [2.05, 4.69) is 9.97 Å². The van der Waals surface area contributed by atoms with Crippen molar-refractivity contribution in [3.63, 3.8) is 0 Å². The highest BCUT2D eigenvalue weighted by Gasteiger charge is 2.34. The highest BCUT2D eigenvalue weighted by atomic mass is 19.3. The van der Waals surface area contributed by atoms with Crippen LogP contribution < -0.4 is 10.6 Å². The highest BCUT2D eigenvalue weighted by Crippen LogP contribution is 2.31. The number of aromatic nitrogens is 2. The summed E-state index contributed by atoms with van der Waals surface area (Å²) in [4.78, 5) is 10.0. The maximum absolute atomic E-state index is 13.1. The molecule has 0 radical (unpaired) electrons. The average Bonchev–Trinajstić information content (AvgIpc) is 2.38. The third-order valence-corrected chi connectivity index (χ3v) is 3.45. The molecule has 2 aromatic rings. The number of nitrogens with zero attached hydrogens (tertiary/aromatic N) is 3. The van der Waals surface area contributed by atoms with E-state index >= 15 is 0 Å². The van der Waals surface area contributed by atoms with E-state index in [9.17, 15) is 8.78 Å². The van der Waals surface area contributed by atoms with Gasteiger partial charge in [-0.1, -0.05) is 0 Å². The standard InChI is InChI=1S/C13H14F2N4/c14-13(15)3-5-19(6-4-13)10-2-1-9-8-17-12(16)18-11(9)7-10/h1-2,7-8H,3-6H2,(H2,16,17,18). The molecule has 1 aliphatic heterocycles. The fourth-order valence-corrected chi connectivity index (χ4v) is 2.31. The topological polar surface area (TPSA) is 55.0 Å². The van der Waals surface area contributed by atoms with Gasteiger partial charge in [0.05, 0.1) is 5.52 Å². The predicted molar refractivity (Wildman–Crippen MR) is 70.3 cm³/mol. The van der Waals surface area contributed by atoms with Crippen molar-refractivity contribution in [1.29, 1.82) is 0 Å². The Kier molecular flexibility index (Phi) is 2.73. The molecule has 0 amide bonds. The van der Waals surface area contributed by atoms with E-state index < -0.39 is 5.92 Å². The van der Waals surface area contributed by atoms with Crippen LogP contribution in [0.4, 0.5) is 20.4 Å². The summed E-state index contributed by atoms with van der Waals surface area (Å²) in [6, 6.07) is 5.67. The fraction of sp³-hybridized carbons (Fsp3) is 0.385. The van der Waals surface area contributed by atoms with Crippen LogP contribution >= 0.6 is 0 Å². The largest absolute Gasteiger partial charge is 0.371 e. The Morgan fingerprint density at radius 2 is 1.95 bits per heavy atom. The van der Waals surface area contributed by atoms with Crippen LogP contribution in [-0.4, -0.2) is 29.0 Å². The van der Waals surface area contributed by atoms with E-state index in [1.165, 1.54) is 0 Å². The van der Waals surface area contributed by atoms with Crippen molar-refractivity contribution < 1.29 is 8.78 Å². The Morgan fingerprint density at radius 3 is 2.68 bits per heavy atom. The zero-order chi connectivity index (χ0) is 13.5. The average molecular weight is 264 g/mol. The first-order valence-corrected chi connectivity index (χ1v) is 6.19. The summed E-state index contributed by atoms with van der Waals surface area (Å²) < 4.78 is 26.3. The Balaban J connectivity index is 1.89. The summed E-state index contributed by atoms with van der Waals surface area (Å²) in [5.41, 5.74) is 7.20. The number of hydrogen-bond acceptors (Lipinski definition) is 4. The summed E-state index contributed by atoms with van der Waals surface area (Å²) in [6.07, 6.45) is 1.46. The number of nitrogens with two attached hydrogens (primary N) is 1. The number of alkyl halides is 2. The molecule has 0 unspecified atom stereocenters. The fourth-order valence-electron chi connectivity index (χ4n) is 2.31. The zero-order valence-corrected chi connectivity index (χ0v) is 10.3. The Labute approximate surface area is 109 Å². The highest BCUT2D eigenvalue weighted by molar-refractivity contribution is 5.82. The Bertz CT molecular complexity index is 605. The molecule has 2 heterocycles. The van der Waals surface area contributed by atoms with Crippen LogP contribution in [-0.2, 0) is 0 Å². The van der Waals surface area contributed by atoms with Gasteiger partial charge in [0.25, 0.3) is 5.92 Å². The van der Waals surface area contributed by atoms with Crippen molar-refractivity contribution in [2.75, 3.05) is 23.7 Å². The molecule has 0 saturated carbocycles. The maximum Gasteiger partial charge on any atom is 0.251 e. The third kappa shape index (κ3) is 2.43. The number of anilines is 2. The van der Waals surface area contributed by atoms with Gasteiger partial charge in [-0.05, 0) is 18.2 Å². The first-order chi connectivity index (χ1) is 9.03. The molecule has 1 aromatic heterocycles. The van der Waals surface area contributed by atoms with Gasteiger partial charge in [0.15, 0.2) is 0 Å². The molecular formula is C13H14F2N4. The first kappa shape index (κ1) is 12.1. The molecule has 1 saturated heterocycles. The number of fused-ring (bicyclic) bond motifs is 1. The molecule has 0 atom stereocenters. The lowest BCUT2D eigenvalue weighted by Gasteiger charge is -2.33. The molecule has 0 bridgehead atoms. The van der Waals surface area contributed by atoms with E-state index in [0.29, 0.717) is 13.1 Å². The van der Waals surface area contributed by atoms with Crippen LogP contribution in [0.15, 0.2) is 24.4 Å². The lowest BCUT2D eigenvalue weighted by atomic mass is 10.1. The van der Waals surface area contributed by atoms with Crippen molar-refractivity contribution in [3.8, 4) is 0 Å². The second kappa shape index (κ2) is 4.29. The molecule has 1 fully saturated rings.